The quantitative estimate of drug-likeness (QED) is 0.0310. The lowest BCUT2D eigenvalue weighted by Crippen LogP contribution is -2.64. The number of fused-ring (bicyclic) bond motifs is 1. The van der Waals surface area contributed by atoms with E-state index in [0.29, 0.717) is 12.0 Å². The van der Waals surface area contributed by atoms with Crippen LogP contribution in [0.5, 0.6) is 0 Å². The third kappa shape index (κ3) is 17.1. The van der Waals surface area contributed by atoms with Crippen molar-refractivity contribution in [2.45, 2.75) is 112 Å². The lowest BCUT2D eigenvalue weighted by Gasteiger charge is -2.32. The summed E-state index contributed by atoms with van der Waals surface area (Å²) in [4.78, 5) is 154. The molecule has 0 unspecified atom stereocenters. The van der Waals surface area contributed by atoms with Gasteiger partial charge in [-0.05, 0) is 48.8 Å². The van der Waals surface area contributed by atoms with E-state index in [-0.39, 0.29) is 75.5 Å². The summed E-state index contributed by atoms with van der Waals surface area (Å²) < 4.78 is 0. The number of hydrogen-bond donors (Lipinski definition) is 12. The highest BCUT2D eigenvalue weighted by atomic mass is 33.1. The average Bonchev–Trinajstić information content (AvgIpc) is 4.00. The minimum Gasteiger partial charge on any atom is -0.370 e. The second-order valence-corrected chi connectivity index (χ2v) is 20.7. The summed E-state index contributed by atoms with van der Waals surface area (Å²) in [5, 5.41) is 18.4. The number of guanidine groups is 1. The number of aliphatic imine (C=N–C) groups is 1. The number of nitrogens with two attached hydrogens (primary N) is 5. The molecule has 0 aromatic heterocycles. The van der Waals surface area contributed by atoms with E-state index < -0.39 is 133 Å². The number of nitrogens with zero attached hydrogens (tertiary/aromatic N) is 2. The average molecular weight is 1070 g/mol. The molecule has 11 amide bonds. The Balaban J connectivity index is 1.46. The molecule has 3 aliphatic rings. The Kier molecular flexibility index (Phi) is 21.4. The van der Waals surface area contributed by atoms with Crippen molar-refractivity contribution in [3.8, 4) is 0 Å². The number of hydrogen-bond acceptors (Lipinski definition) is 14. The highest BCUT2D eigenvalue weighted by Gasteiger charge is 2.47. The Bertz CT molecular complexity index is 2440. The van der Waals surface area contributed by atoms with E-state index in [1.807, 2.05) is 12.1 Å². The SMILES string of the molecule is NC(=O)CC[C@@H]1NC(=O)[C@H](Cc2ccccc2)NC(=O)C2(Cc3ccccc3C2)NC(=O)CCSSC[C@H](C(=O)N2CCC[C@H]2C(=O)N[C@@H](CCCN=C(N)N)C(=O)NCC(N)=O)NC(=O)[C@H](CC(N)=O)NC1=O. The molecule has 2 fully saturated rings. The second kappa shape index (κ2) is 27.6. The molecule has 27 heteroatoms. The van der Waals surface area contributed by atoms with Crippen molar-refractivity contribution in [2.75, 3.05) is 31.1 Å². The first-order valence-electron chi connectivity index (χ1n) is 23.9. The number of carbonyl (C=O) groups excluding carboxylic acids is 11. The van der Waals surface area contributed by atoms with E-state index >= 15 is 0 Å². The molecule has 400 valence electrons. The summed E-state index contributed by atoms with van der Waals surface area (Å²) in [6.45, 7) is -0.372. The van der Waals surface area contributed by atoms with Gasteiger partial charge in [-0.25, -0.2) is 0 Å². The number of benzene rings is 2. The van der Waals surface area contributed by atoms with Crippen LogP contribution in [0.3, 0.4) is 0 Å². The predicted octanol–water partition coefficient (Wildman–Crippen LogP) is -4.12. The molecular weight excluding hydrogens is 1000 g/mol. The monoisotopic (exact) mass is 1060 g/mol. The first-order valence-corrected chi connectivity index (χ1v) is 26.4. The van der Waals surface area contributed by atoms with Crippen LogP contribution < -0.4 is 65.9 Å². The van der Waals surface area contributed by atoms with Crippen molar-refractivity contribution >= 4 is 92.5 Å². The van der Waals surface area contributed by atoms with E-state index in [0.717, 1.165) is 21.9 Å². The summed E-state index contributed by atoms with van der Waals surface area (Å²) in [5.74, 6) is -9.29. The highest BCUT2D eigenvalue weighted by molar-refractivity contribution is 8.76. The van der Waals surface area contributed by atoms with Gasteiger partial charge in [0.15, 0.2) is 5.96 Å². The zero-order valence-corrected chi connectivity index (χ0v) is 42.2. The van der Waals surface area contributed by atoms with Gasteiger partial charge in [0.25, 0.3) is 0 Å². The fraction of sp³-hybridized carbons (Fsp3) is 0.489. The topological polar surface area (TPSA) is 418 Å². The molecule has 2 saturated heterocycles. The number of rotatable bonds is 17. The van der Waals surface area contributed by atoms with Crippen molar-refractivity contribution in [1.29, 1.82) is 0 Å². The fourth-order valence-electron chi connectivity index (χ4n) is 8.71. The molecule has 25 nitrogen and oxygen atoms in total. The Morgan fingerprint density at radius 1 is 0.770 bits per heavy atom. The number of nitrogens with one attached hydrogen (secondary N) is 7. The summed E-state index contributed by atoms with van der Waals surface area (Å²) in [7, 11) is 2.26. The zero-order valence-electron chi connectivity index (χ0n) is 40.6. The minimum atomic E-state index is -1.75. The van der Waals surface area contributed by atoms with Gasteiger partial charge in [-0.15, -0.1) is 0 Å². The lowest BCUT2D eigenvalue weighted by molar-refractivity contribution is -0.142. The van der Waals surface area contributed by atoms with Crippen LogP contribution in [-0.2, 0) is 72.0 Å². The maximum atomic E-state index is 14.6. The molecule has 6 atom stereocenters. The molecule has 2 heterocycles. The van der Waals surface area contributed by atoms with Gasteiger partial charge in [-0.1, -0.05) is 76.2 Å². The summed E-state index contributed by atoms with van der Waals surface area (Å²) in [6, 6.07) is 7.44. The van der Waals surface area contributed by atoms with Crippen LogP contribution in [0.1, 0.15) is 68.1 Å². The summed E-state index contributed by atoms with van der Waals surface area (Å²) in [5.41, 5.74) is 27.8. The van der Waals surface area contributed by atoms with E-state index in [1.165, 1.54) is 15.7 Å². The van der Waals surface area contributed by atoms with E-state index in [1.54, 1.807) is 42.5 Å². The van der Waals surface area contributed by atoms with Crippen LogP contribution in [0, 0.1) is 0 Å². The normalized spacial score (nSPS) is 22.0. The first-order chi connectivity index (χ1) is 35.2. The van der Waals surface area contributed by atoms with Crippen molar-refractivity contribution in [2.24, 2.45) is 33.7 Å². The van der Waals surface area contributed by atoms with Gasteiger partial charge in [-0.2, -0.15) is 0 Å². The molecule has 2 aromatic carbocycles. The van der Waals surface area contributed by atoms with E-state index in [4.69, 9.17) is 28.7 Å². The van der Waals surface area contributed by atoms with Crippen LogP contribution in [0.15, 0.2) is 59.6 Å². The zero-order chi connectivity index (χ0) is 54.0. The van der Waals surface area contributed by atoms with Crippen molar-refractivity contribution < 1.29 is 52.7 Å². The van der Waals surface area contributed by atoms with Crippen molar-refractivity contribution in [3.05, 3.63) is 71.3 Å². The summed E-state index contributed by atoms with van der Waals surface area (Å²) >= 11 is 0. The molecule has 2 aromatic rings. The van der Waals surface area contributed by atoms with Gasteiger partial charge < -0.3 is 70.8 Å². The number of likely N-dealkylation sites (tertiary alicyclic amines) is 1. The largest absolute Gasteiger partial charge is 0.370 e. The Hall–Kier alpha value is -7.42. The standard InChI is InChI=1S/C47H64N14O11S2/c48-35(62)15-14-30-40(67)57-32(21-36(49)63)42(69)58-33(44(71)61-18-7-13-34(61)43(70)56-29(12-6-17-53-46(51)52)39(66)54-24-37(50)64)25-74-73-19-16-38(65)60-47(22-27-10-4-5-11-28(27)23-47)45(72)59-31(41(68)55-30)20-26-8-2-1-3-9-26/h1-5,8-11,29-34H,6-7,12-25H2,(H2,48,62)(H2,49,63)(H2,50,64)(H,54,66)(H,55,68)(H,56,70)(H,57,67)(H,58,69)(H,59,72)(H,60,65)(H4,51,52,53)/t29-,30-,31-,32-,33+,34-/m0/s1. The Labute approximate surface area is 434 Å². The number of carbonyl (C=O) groups is 11. The molecular formula is C47H64N14O11S2. The third-order valence-corrected chi connectivity index (χ3v) is 14.8. The van der Waals surface area contributed by atoms with Gasteiger partial charge in [0.2, 0.25) is 65.0 Å². The molecule has 0 saturated carbocycles. The Morgan fingerprint density at radius 2 is 1.42 bits per heavy atom. The van der Waals surface area contributed by atoms with Gasteiger partial charge in [0, 0.05) is 56.7 Å². The lowest BCUT2D eigenvalue weighted by atomic mass is 9.92. The van der Waals surface area contributed by atoms with Crippen LogP contribution in [0.25, 0.3) is 0 Å². The van der Waals surface area contributed by atoms with Gasteiger partial charge in [-0.3, -0.25) is 57.7 Å². The number of primary amides is 3. The molecule has 1 spiro atoms. The molecule has 17 N–H and O–H groups in total. The smallest absolute Gasteiger partial charge is 0.247 e. The molecule has 74 heavy (non-hydrogen) atoms. The fourth-order valence-corrected chi connectivity index (χ4v) is 10.9. The van der Waals surface area contributed by atoms with Crippen LogP contribution in [0.2, 0.25) is 0 Å². The second-order valence-electron chi connectivity index (χ2n) is 18.1. The highest BCUT2D eigenvalue weighted by Crippen LogP contribution is 2.32. The maximum absolute atomic E-state index is 14.6. The van der Waals surface area contributed by atoms with Crippen molar-refractivity contribution in [3.63, 3.8) is 0 Å². The van der Waals surface area contributed by atoms with Gasteiger partial charge in [0.05, 0.1) is 13.0 Å². The van der Waals surface area contributed by atoms with Crippen molar-refractivity contribution in [1.82, 2.24) is 42.1 Å². The minimum absolute atomic E-state index is 0.0223. The van der Waals surface area contributed by atoms with E-state index in [2.05, 4.69) is 42.2 Å². The molecule has 5 rings (SSSR count). The van der Waals surface area contributed by atoms with Crippen LogP contribution in [0.4, 0.5) is 0 Å². The van der Waals surface area contributed by atoms with E-state index in [9.17, 15) is 52.7 Å². The van der Waals surface area contributed by atoms with Crippen LogP contribution >= 0.6 is 21.6 Å². The molecule has 1 aliphatic carbocycles. The van der Waals surface area contributed by atoms with Crippen LogP contribution in [-0.4, -0.2) is 149 Å². The first kappa shape index (κ1) is 57.5. The third-order valence-electron chi connectivity index (χ3n) is 12.4. The molecule has 0 bridgehead atoms. The van der Waals surface area contributed by atoms with Gasteiger partial charge >= 0.3 is 0 Å². The number of amides is 11. The maximum Gasteiger partial charge on any atom is 0.247 e. The summed E-state index contributed by atoms with van der Waals surface area (Å²) in [6.07, 6.45) is -0.886. The molecule has 2 aliphatic heterocycles. The predicted molar refractivity (Wildman–Crippen MR) is 273 cm³/mol. The molecule has 0 radical (unpaired) electrons. The van der Waals surface area contributed by atoms with Gasteiger partial charge in [0.1, 0.15) is 41.8 Å². The Morgan fingerprint density at radius 3 is 2.07 bits per heavy atom.